The lowest BCUT2D eigenvalue weighted by Crippen LogP contribution is -2.50. The van der Waals surface area contributed by atoms with Crippen molar-refractivity contribution in [2.75, 3.05) is 31.3 Å². The van der Waals surface area contributed by atoms with Gasteiger partial charge in [-0.3, -0.25) is 4.79 Å². The Morgan fingerprint density at radius 1 is 0.971 bits per heavy atom. The van der Waals surface area contributed by atoms with Crippen LogP contribution in [-0.4, -0.2) is 43.3 Å². The monoisotopic (exact) mass is 462 g/mol. The lowest BCUT2D eigenvalue weighted by Gasteiger charge is -2.37. The van der Waals surface area contributed by atoms with E-state index < -0.39 is 6.09 Å². The van der Waals surface area contributed by atoms with Gasteiger partial charge in [0.1, 0.15) is 12.4 Å². The molecule has 0 spiro atoms. The van der Waals surface area contributed by atoms with Crippen molar-refractivity contribution >= 4 is 17.7 Å². The number of nitrogens with one attached hydrogen (secondary N) is 1. The first-order valence-corrected chi connectivity index (χ1v) is 11.6. The van der Waals surface area contributed by atoms with Crippen molar-refractivity contribution in [1.82, 2.24) is 10.3 Å². The van der Waals surface area contributed by atoms with Crippen molar-refractivity contribution < 1.29 is 18.7 Å². The number of furan rings is 1. The lowest BCUT2D eigenvalue weighted by molar-refractivity contribution is 0.0898. The van der Waals surface area contributed by atoms with Crippen LogP contribution in [0.1, 0.15) is 35.6 Å². The van der Waals surface area contributed by atoms with Gasteiger partial charge in [-0.05, 0) is 36.6 Å². The molecule has 4 rings (SSSR count). The summed E-state index contributed by atoms with van der Waals surface area (Å²) in [5, 5.41) is 6.39. The molecule has 0 radical (unpaired) electrons. The molecule has 178 valence electrons. The highest BCUT2D eigenvalue weighted by molar-refractivity contribution is 5.93. The molecule has 0 aliphatic carbocycles. The summed E-state index contributed by atoms with van der Waals surface area (Å²) >= 11 is 0. The normalized spacial score (nSPS) is 13.9. The van der Waals surface area contributed by atoms with Gasteiger partial charge in [0.2, 0.25) is 0 Å². The molecule has 1 saturated heterocycles. The fourth-order valence-corrected chi connectivity index (χ4v) is 4.02. The summed E-state index contributed by atoms with van der Waals surface area (Å²) in [5.74, 6) is 0.336. The SMILES string of the molecule is NCc1ccc(C(=O)NCCOC(=O)N(c2ccccc2-c2ccccc2)N2CCCCC2)o1. The van der Waals surface area contributed by atoms with Crippen LogP contribution in [0.3, 0.4) is 0 Å². The van der Waals surface area contributed by atoms with Crippen molar-refractivity contribution in [3.8, 4) is 11.1 Å². The van der Waals surface area contributed by atoms with Gasteiger partial charge in [0.15, 0.2) is 5.76 Å². The zero-order chi connectivity index (χ0) is 23.8. The summed E-state index contributed by atoms with van der Waals surface area (Å²) in [6, 6.07) is 21.0. The number of hydrogen-bond acceptors (Lipinski definition) is 6. The van der Waals surface area contributed by atoms with E-state index in [9.17, 15) is 9.59 Å². The number of carbonyl (C=O) groups excluding carboxylic acids is 2. The van der Waals surface area contributed by atoms with Crippen LogP contribution in [0.4, 0.5) is 10.5 Å². The molecule has 2 aromatic carbocycles. The number of hydrogen-bond donors (Lipinski definition) is 2. The minimum absolute atomic E-state index is 0.0346. The molecule has 0 bridgehead atoms. The third kappa shape index (κ3) is 5.65. The smallest absolute Gasteiger partial charge is 0.429 e. The van der Waals surface area contributed by atoms with E-state index in [2.05, 4.69) is 5.32 Å². The van der Waals surface area contributed by atoms with Crippen LogP contribution >= 0.6 is 0 Å². The predicted octanol–water partition coefficient (Wildman–Crippen LogP) is 4.18. The van der Waals surface area contributed by atoms with E-state index in [0.29, 0.717) is 5.76 Å². The van der Waals surface area contributed by atoms with E-state index in [4.69, 9.17) is 14.9 Å². The van der Waals surface area contributed by atoms with Gasteiger partial charge in [-0.25, -0.2) is 14.8 Å². The van der Waals surface area contributed by atoms with Crippen molar-refractivity contribution in [2.24, 2.45) is 5.73 Å². The van der Waals surface area contributed by atoms with Gasteiger partial charge in [-0.1, -0.05) is 55.0 Å². The number of nitrogens with two attached hydrogens (primary N) is 1. The van der Waals surface area contributed by atoms with Gasteiger partial charge in [0, 0.05) is 18.7 Å². The van der Waals surface area contributed by atoms with E-state index >= 15 is 0 Å². The molecule has 8 heteroatoms. The maximum atomic E-state index is 13.3. The van der Waals surface area contributed by atoms with Crippen LogP contribution in [-0.2, 0) is 11.3 Å². The number of anilines is 1. The largest absolute Gasteiger partial charge is 0.455 e. The molecule has 3 aromatic rings. The first-order chi connectivity index (χ1) is 16.7. The van der Waals surface area contributed by atoms with E-state index in [1.54, 1.807) is 17.1 Å². The van der Waals surface area contributed by atoms with Crippen LogP contribution in [0.15, 0.2) is 71.1 Å². The van der Waals surface area contributed by atoms with Crippen LogP contribution < -0.4 is 16.1 Å². The fourth-order valence-electron chi connectivity index (χ4n) is 4.02. The van der Waals surface area contributed by atoms with E-state index in [1.807, 2.05) is 59.6 Å². The third-order valence-electron chi connectivity index (χ3n) is 5.71. The molecule has 1 aromatic heterocycles. The molecule has 0 unspecified atom stereocenters. The number of nitrogens with zero attached hydrogens (tertiary/aromatic N) is 2. The lowest BCUT2D eigenvalue weighted by atomic mass is 10.0. The first kappa shape index (κ1) is 23.5. The second-order valence-electron chi connectivity index (χ2n) is 8.05. The molecule has 0 saturated carbocycles. The Bertz CT molecular complexity index is 1090. The highest BCUT2D eigenvalue weighted by Crippen LogP contribution is 2.33. The van der Waals surface area contributed by atoms with Crippen LogP contribution in [0.2, 0.25) is 0 Å². The Hall–Kier alpha value is -3.62. The number of ether oxygens (including phenoxy) is 1. The molecule has 34 heavy (non-hydrogen) atoms. The van der Waals surface area contributed by atoms with Gasteiger partial charge in [-0.15, -0.1) is 0 Å². The summed E-state index contributed by atoms with van der Waals surface area (Å²) in [5.41, 5.74) is 8.26. The molecule has 0 atom stereocenters. The van der Waals surface area contributed by atoms with Crippen molar-refractivity contribution in [3.05, 3.63) is 78.3 Å². The Morgan fingerprint density at radius 2 is 1.71 bits per heavy atom. The Labute approximate surface area is 199 Å². The maximum absolute atomic E-state index is 13.3. The second kappa shape index (κ2) is 11.5. The number of amides is 2. The maximum Gasteiger partial charge on any atom is 0.429 e. The van der Waals surface area contributed by atoms with Crippen molar-refractivity contribution in [3.63, 3.8) is 0 Å². The molecule has 1 aliphatic heterocycles. The predicted molar refractivity (Wildman–Crippen MR) is 130 cm³/mol. The van der Waals surface area contributed by atoms with Crippen LogP contribution in [0, 0.1) is 0 Å². The topological polar surface area (TPSA) is 101 Å². The molecule has 2 heterocycles. The Balaban J connectivity index is 1.45. The minimum atomic E-state index is -0.469. The van der Waals surface area contributed by atoms with Gasteiger partial charge < -0.3 is 20.2 Å². The number of benzene rings is 2. The quantitative estimate of drug-likeness (QED) is 0.487. The molecule has 1 fully saturated rings. The fraction of sp³-hybridized carbons (Fsp3) is 0.308. The Kier molecular flexibility index (Phi) is 7.95. The first-order valence-electron chi connectivity index (χ1n) is 11.6. The van der Waals surface area contributed by atoms with Crippen molar-refractivity contribution in [2.45, 2.75) is 25.8 Å². The molecule has 3 N–H and O–H groups in total. The summed E-state index contributed by atoms with van der Waals surface area (Å²) in [6.07, 6.45) is 2.70. The van der Waals surface area contributed by atoms with E-state index in [1.165, 1.54) is 0 Å². The second-order valence-corrected chi connectivity index (χ2v) is 8.05. The summed E-state index contributed by atoms with van der Waals surface area (Å²) < 4.78 is 10.9. The van der Waals surface area contributed by atoms with Crippen LogP contribution in [0.25, 0.3) is 11.1 Å². The van der Waals surface area contributed by atoms with Crippen molar-refractivity contribution in [1.29, 1.82) is 0 Å². The molecule has 2 amide bonds. The van der Waals surface area contributed by atoms with Gasteiger partial charge in [0.05, 0.1) is 18.8 Å². The highest BCUT2D eigenvalue weighted by Gasteiger charge is 2.28. The summed E-state index contributed by atoms with van der Waals surface area (Å²) in [4.78, 5) is 25.5. The van der Waals surface area contributed by atoms with E-state index in [-0.39, 0.29) is 31.4 Å². The molecule has 8 nitrogen and oxygen atoms in total. The highest BCUT2D eigenvalue weighted by atomic mass is 16.6. The average molecular weight is 463 g/mol. The zero-order valence-corrected chi connectivity index (χ0v) is 19.1. The number of para-hydroxylation sites is 1. The molecule has 1 aliphatic rings. The minimum Gasteiger partial charge on any atom is -0.455 e. The van der Waals surface area contributed by atoms with Gasteiger partial charge >= 0.3 is 6.09 Å². The average Bonchev–Trinajstić information content (AvgIpc) is 3.38. The summed E-state index contributed by atoms with van der Waals surface area (Å²) in [7, 11) is 0. The molecular weight excluding hydrogens is 432 g/mol. The number of carbonyl (C=O) groups is 2. The number of piperidine rings is 1. The third-order valence-corrected chi connectivity index (χ3v) is 5.71. The zero-order valence-electron chi connectivity index (χ0n) is 19.1. The standard InChI is InChI=1S/C26H30N4O4/c27-19-21-13-14-24(34-21)25(31)28-15-18-33-26(32)30(29-16-7-2-8-17-29)23-12-6-5-11-22(23)20-9-3-1-4-10-20/h1,3-6,9-14H,2,7-8,15-19,27H2,(H,28,31). The molecular formula is C26H30N4O4. The van der Waals surface area contributed by atoms with Crippen LogP contribution in [0.5, 0.6) is 0 Å². The summed E-state index contributed by atoms with van der Waals surface area (Å²) in [6.45, 7) is 1.97. The van der Waals surface area contributed by atoms with Gasteiger partial charge in [-0.2, -0.15) is 0 Å². The van der Waals surface area contributed by atoms with E-state index in [0.717, 1.165) is 49.2 Å². The number of rotatable bonds is 8. The number of hydrazine groups is 1. The van der Waals surface area contributed by atoms with Gasteiger partial charge in [0.25, 0.3) is 5.91 Å². The Morgan fingerprint density at radius 3 is 2.44 bits per heavy atom.